The van der Waals surface area contributed by atoms with Crippen LogP contribution in [0.1, 0.15) is 68.5 Å². The van der Waals surface area contributed by atoms with Crippen LogP contribution in [0.5, 0.6) is 0 Å². The van der Waals surface area contributed by atoms with Crippen LogP contribution in [0.2, 0.25) is 0 Å². The van der Waals surface area contributed by atoms with Crippen LogP contribution < -0.4 is 5.32 Å². The van der Waals surface area contributed by atoms with E-state index in [-0.39, 0.29) is 5.41 Å². The van der Waals surface area contributed by atoms with Crippen LogP contribution in [0, 0.1) is 27.7 Å². The van der Waals surface area contributed by atoms with Gasteiger partial charge in [0.25, 0.3) is 0 Å². The maximum atomic E-state index is 3.93. The van der Waals surface area contributed by atoms with Crippen LogP contribution in [-0.4, -0.2) is 0 Å². The summed E-state index contributed by atoms with van der Waals surface area (Å²) >= 11 is 0. The van der Waals surface area contributed by atoms with Crippen molar-refractivity contribution in [2.24, 2.45) is 0 Å². The van der Waals surface area contributed by atoms with Crippen molar-refractivity contribution in [2.75, 3.05) is 0 Å². The first-order valence-electron chi connectivity index (χ1n) is 13.6. The molecule has 2 aliphatic carbocycles. The molecule has 1 heteroatoms. The van der Waals surface area contributed by atoms with Crippen LogP contribution >= 0.6 is 0 Å². The summed E-state index contributed by atoms with van der Waals surface area (Å²) in [5, 5.41) is 3.93. The molecule has 4 aromatic carbocycles. The molecule has 7 rings (SSSR count). The minimum atomic E-state index is 0.168. The van der Waals surface area contributed by atoms with Crippen molar-refractivity contribution >= 4 is 0 Å². The third-order valence-electron chi connectivity index (χ3n) is 9.07. The van der Waals surface area contributed by atoms with Gasteiger partial charge in [0.1, 0.15) is 0 Å². The van der Waals surface area contributed by atoms with Crippen LogP contribution in [0.3, 0.4) is 0 Å². The lowest BCUT2D eigenvalue weighted by molar-refractivity contribution is 0.488. The fourth-order valence-electron chi connectivity index (χ4n) is 7.93. The predicted octanol–water partition coefficient (Wildman–Crippen LogP) is 8.04. The Morgan fingerprint density at radius 2 is 0.972 bits per heavy atom. The first-order valence-corrected chi connectivity index (χ1v) is 13.6. The number of hydrogen-bond acceptors (Lipinski definition) is 1. The number of rotatable bonds is 2. The Hall–Kier alpha value is -3.16. The highest BCUT2D eigenvalue weighted by Gasteiger charge is 2.48. The van der Waals surface area contributed by atoms with E-state index in [1.807, 2.05) is 0 Å². The number of hydrogen-bond donors (Lipinski definition) is 1. The largest absolute Gasteiger partial charge is 0.309 e. The lowest BCUT2D eigenvalue weighted by atomic mass is 9.70. The second kappa shape index (κ2) is 7.92. The van der Waals surface area contributed by atoms with Gasteiger partial charge in [-0.15, -0.1) is 0 Å². The zero-order chi connectivity index (χ0) is 24.6. The van der Waals surface area contributed by atoms with E-state index < -0.39 is 0 Å². The third-order valence-corrected chi connectivity index (χ3v) is 9.07. The average molecular weight is 470 g/mol. The van der Waals surface area contributed by atoms with Crippen molar-refractivity contribution in [2.45, 2.75) is 71.9 Å². The van der Waals surface area contributed by atoms with Gasteiger partial charge in [-0.25, -0.2) is 0 Å². The number of nitrogens with one attached hydrogen (secondary N) is 1. The Morgan fingerprint density at radius 1 is 0.556 bits per heavy atom. The summed E-state index contributed by atoms with van der Waals surface area (Å²) in [5.41, 5.74) is 20.7. The molecule has 0 saturated heterocycles. The molecule has 0 saturated carbocycles. The van der Waals surface area contributed by atoms with Gasteiger partial charge >= 0.3 is 0 Å². The fraction of sp³-hybridized carbons (Fsp3) is 0.314. The zero-order valence-corrected chi connectivity index (χ0v) is 22.0. The normalized spacial score (nSPS) is 16.9. The van der Waals surface area contributed by atoms with Crippen molar-refractivity contribution in [3.05, 3.63) is 116 Å². The Labute approximate surface area is 215 Å². The quantitative estimate of drug-likeness (QED) is 0.313. The van der Waals surface area contributed by atoms with Crippen LogP contribution in [0.4, 0.5) is 0 Å². The molecule has 0 radical (unpaired) electrons. The summed E-state index contributed by atoms with van der Waals surface area (Å²) in [7, 11) is 0. The molecule has 1 aliphatic heterocycles. The van der Waals surface area contributed by atoms with E-state index >= 15 is 0 Å². The lowest BCUT2D eigenvalue weighted by Crippen LogP contribution is -2.30. The van der Waals surface area contributed by atoms with Gasteiger partial charge in [-0.2, -0.15) is 0 Å². The van der Waals surface area contributed by atoms with Gasteiger partial charge in [0.2, 0.25) is 0 Å². The maximum absolute atomic E-state index is 3.93. The Morgan fingerprint density at radius 3 is 1.39 bits per heavy atom. The topological polar surface area (TPSA) is 12.0 Å². The van der Waals surface area contributed by atoms with Crippen LogP contribution in [-0.2, 0) is 31.3 Å². The number of aryl methyl sites for hydroxylation is 6. The summed E-state index contributed by atoms with van der Waals surface area (Å²) in [6.07, 6.45) is 4.90. The van der Waals surface area contributed by atoms with Gasteiger partial charge in [0.05, 0.1) is 0 Å². The molecule has 4 aromatic rings. The standard InChI is InChI=1S/C35H35N/c1-21-13-22(2)16-27(15-21)29-7-5-25-9-11-35-12-10-26-6-8-30(28-17-23(3)14-24(4)18-28)32(34(26)35)20-36-19-31(29)33(25)35/h5-8,13-18,36H,9-12,19-20H2,1-4H3. The fourth-order valence-corrected chi connectivity index (χ4v) is 7.93. The Kier molecular flexibility index (Phi) is 4.85. The molecule has 0 bridgehead atoms. The molecule has 0 amide bonds. The van der Waals surface area contributed by atoms with Crippen LogP contribution in [0.25, 0.3) is 22.3 Å². The van der Waals surface area contributed by atoms with E-state index in [0.717, 1.165) is 13.1 Å². The second-order valence-electron chi connectivity index (χ2n) is 11.7. The van der Waals surface area contributed by atoms with Gasteiger partial charge < -0.3 is 5.32 Å². The van der Waals surface area contributed by atoms with E-state index in [4.69, 9.17) is 0 Å². The van der Waals surface area contributed by atoms with Gasteiger partial charge in [-0.3, -0.25) is 0 Å². The molecule has 36 heavy (non-hydrogen) atoms. The minimum Gasteiger partial charge on any atom is -0.309 e. The van der Waals surface area contributed by atoms with E-state index in [1.165, 1.54) is 70.2 Å². The van der Waals surface area contributed by atoms with Crippen molar-refractivity contribution in [1.29, 1.82) is 0 Å². The van der Waals surface area contributed by atoms with Crippen molar-refractivity contribution in [3.63, 3.8) is 0 Å². The molecule has 180 valence electrons. The second-order valence-corrected chi connectivity index (χ2v) is 11.7. The first-order chi connectivity index (χ1) is 17.4. The smallest absolute Gasteiger partial charge is 0.0221 e. The van der Waals surface area contributed by atoms with Gasteiger partial charge in [0, 0.05) is 18.5 Å². The van der Waals surface area contributed by atoms with Crippen molar-refractivity contribution < 1.29 is 0 Å². The lowest BCUT2D eigenvalue weighted by Gasteiger charge is -2.35. The van der Waals surface area contributed by atoms with Crippen LogP contribution in [0.15, 0.2) is 60.7 Å². The first kappa shape index (κ1) is 22.1. The average Bonchev–Trinajstić information content (AvgIpc) is 3.38. The molecule has 3 aliphatic rings. The molecule has 1 spiro atoms. The summed E-state index contributed by atoms with van der Waals surface area (Å²) < 4.78 is 0. The van der Waals surface area contributed by atoms with E-state index in [1.54, 1.807) is 33.4 Å². The SMILES string of the molecule is Cc1cc(C)cc(-c2ccc3c4c2CNCc2c(-c5cc(C)cc(C)c5)ccc5c2C4(CC3)CC5)c1. The molecule has 0 aromatic heterocycles. The highest BCUT2D eigenvalue weighted by molar-refractivity contribution is 5.77. The highest BCUT2D eigenvalue weighted by Crippen LogP contribution is 2.57. The van der Waals surface area contributed by atoms with E-state index in [0.29, 0.717) is 0 Å². The molecule has 0 unspecified atom stereocenters. The van der Waals surface area contributed by atoms with E-state index in [9.17, 15) is 0 Å². The molecule has 1 nitrogen and oxygen atoms in total. The summed E-state index contributed by atoms with van der Waals surface area (Å²) in [5.74, 6) is 0. The Bertz CT molecular complexity index is 1400. The maximum Gasteiger partial charge on any atom is 0.0221 e. The van der Waals surface area contributed by atoms with Crippen molar-refractivity contribution in [1.82, 2.24) is 5.32 Å². The Balaban J connectivity index is 1.49. The molecular weight excluding hydrogens is 434 g/mol. The number of benzene rings is 4. The van der Waals surface area contributed by atoms with E-state index in [2.05, 4.69) is 93.7 Å². The van der Waals surface area contributed by atoms with Gasteiger partial charge in [0.15, 0.2) is 0 Å². The summed E-state index contributed by atoms with van der Waals surface area (Å²) in [6, 6.07) is 23.8. The molecule has 1 N–H and O–H groups in total. The molecular formula is C35H35N. The van der Waals surface area contributed by atoms with Gasteiger partial charge in [-0.05, 0) is 109 Å². The highest BCUT2D eigenvalue weighted by atomic mass is 14.9. The molecule has 0 fully saturated rings. The summed E-state index contributed by atoms with van der Waals surface area (Å²) in [6.45, 7) is 10.8. The monoisotopic (exact) mass is 469 g/mol. The zero-order valence-electron chi connectivity index (χ0n) is 22.0. The van der Waals surface area contributed by atoms with Gasteiger partial charge in [-0.1, -0.05) is 82.9 Å². The molecule has 1 heterocycles. The third kappa shape index (κ3) is 3.19. The predicted molar refractivity (Wildman–Crippen MR) is 151 cm³/mol. The van der Waals surface area contributed by atoms with Crippen molar-refractivity contribution in [3.8, 4) is 22.3 Å². The summed E-state index contributed by atoms with van der Waals surface area (Å²) in [4.78, 5) is 0. The molecule has 0 atom stereocenters. The minimum absolute atomic E-state index is 0.168.